The molecule has 1 aromatic rings. The maximum Gasteiger partial charge on any atom is 0.240 e. The Bertz CT molecular complexity index is 614. The van der Waals surface area contributed by atoms with Crippen LogP contribution in [-0.4, -0.2) is 28.1 Å². The number of nitrogens with one attached hydrogen (secondary N) is 2. The first-order valence-electron chi connectivity index (χ1n) is 6.74. The standard InChI is InChI=1S/C14H19N3O2S/c1-11-7-12(8-15)4-5-14(11)20(18,19)17-10-13-3-2-6-16-9-13/h4-5,7,13,16-17H,2-3,6,9-10H2,1H3/t13-/m1/s1. The quantitative estimate of drug-likeness (QED) is 0.872. The van der Waals surface area contributed by atoms with E-state index < -0.39 is 10.0 Å². The Balaban J connectivity index is 2.08. The van der Waals surface area contributed by atoms with Crippen LogP contribution in [0.4, 0.5) is 0 Å². The summed E-state index contributed by atoms with van der Waals surface area (Å²) in [6, 6.07) is 6.63. The largest absolute Gasteiger partial charge is 0.316 e. The summed E-state index contributed by atoms with van der Waals surface area (Å²) >= 11 is 0. The molecule has 0 bridgehead atoms. The monoisotopic (exact) mass is 293 g/mol. The lowest BCUT2D eigenvalue weighted by atomic mass is 10.0. The predicted molar refractivity (Wildman–Crippen MR) is 76.7 cm³/mol. The van der Waals surface area contributed by atoms with Crippen LogP contribution in [0.1, 0.15) is 24.0 Å². The van der Waals surface area contributed by atoms with Crippen LogP contribution in [0.15, 0.2) is 23.1 Å². The second kappa shape index (κ2) is 6.35. The predicted octanol–water partition coefficient (Wildman–Crippen LogP) is 1.14. The Morgan fingerprint density at radius 3 is 2.90 bits per heavy atom. The van der Waals surface area contributed by atoms with Gasteiger partial charge in [-0.05, 0) is 62.5 Å². The number of nitriles is 1. The Morgan fingerprint density at radius 1 is 1.50 bits per heavy atom. The molecule has 2 N–H and O–H groups in total. The highest BCUT2D eigenvalue weighted by molar-refractivity contribution is 7.89. The number of sulfonamides is 1. The van der Waals surface area contributed by atoms with E-state index in [1.54, 1.807) is 13.0 Å². The second-order valence-electron chi connectivity index (χ2n) is 5.16. The molecule has 1 saturated heterocycles. The number of hydrogen-bond acceptors (Lipinski definition) is 4. The molecule has 0 aromatic heterocycles. The van der Waals surface area contributed by atoms with Crippen LogP contribution in [0.5, 0.6) is 0 Å². The molecule has 5 nitrogen and oxygen atoms in total. The van der Waals surface area contributed by atoms with Gasteiger partial charge in [-0.25, -0.2) is 13.1 Å². The third-order valence-electron chi connectivity index (χ3n) is 3.55. The molecule has 1 aromatic carbocycles. The van der Waals surface area contributed by atoms with E-state index >= 15 is 0 Å². The Kier molecular flexibility index (Phi) is 4.76. The van der Waals surface area contributed by atoms with Gasteiger partial charge in [0, 0.05) is 6.54 Å². The molecule has 0 saturated carbocycles. The minimum absolute atomic E-state index is 0.250. The molecule has 1 aliphatic heterocycles. The van der Waals surface area contributed by atoms with Crippen LogP contribution in [-0.2, 0) is 10.0 Å². The maximum absolute atomic E-state index is 12.3. The Morgan fingerprint density at radius 2 is 2.30 bits per heavy atom. The lowest BCUT2D eigenvalue weighted by Gasteiger charge is -2.23. The fourth-order valence-corrected chi connectivity index (χ4v) is 3.76. The van der Waals surface area contributed by atoms with Crippen molar-refractivity contribution < 1.29 is 8.42 Å². The van der Waals surface area contributed by atoms with Gasteiger partial charge in [0.1, 0.15) is 0 Å². The molecule has 0 spiro atoms. The zero-order valence-electron chi connectivity index (χ0n) is 11.5. The number of hydrogen-bond donors (Lipinski definition) is 2. The third-order valence-corrected chi connectivity index (χ3v) is 5.14. The van der Waals surface area contributed by atoms with Crippen LogP contribution in [0.25, 0.3) is 0 Å². The summed E-state index contributed by atoms with van der Waals surface area (Å²) in [4.78, 5) is 0.250. The van der Waals surface area contributed by atoms with Gasteiger partial charge in [-0.1, -0.05) is 0 Å². The van der Waals surface area contributed by atoms with Crippen molar-refractivity contribution in [2.45, 2.75) is 24.7 Å². The van der Waals surface area contributed by atoms with Crippen molar-refractivity contribution in [3.05, 3.63) is 29.3 Å². The van der Waals surface area contributed by atoms with Gasteiger partial charge in [0.15, 0.2) is 0 Å². The number of aryl methyl sites for hydroxylation is 1. The fourth-order valence-electron chi connectivity index (χ4n) is 2.42. The molecule has 20 heavy (non-hydrogen) atoms. The van der Waals surface area contributed by atoms with Crippen molar-refractivity contribution in [2.75, 3.05) is 19.6 Å². The Labute approximate surface area is 120 Å². The van der Waals surface area contributed by atoms with Crippen molar-refractivity contribution in [3.63, 3.8) is 0 Å². The molecule has 0 amide bonds. The number of benzene rings is 1. The molecule has 1 heterocycles. The van der Waals surface area contributed by atoms with Crippen LogP contribution in [0, 0.1) is 24.2 Å². The van der Waals surface area contributed by atoms with Crippen LogP contribution < -0.4 is 10.0 Å². The number of piperidine rings is 1. The molecule has 6 heteroatoms. The van der Waals surface area contributed by atoms with Crippen LogP contribution >= 0.6 is 0 Å². The summed E-state index contributed by atoms with van der Waals surface area (Å²) in [6.07, 6.45) is 2.13. The normalized spacial score (nSPS) is 19.5. The van der Waals surface area contributed by atoms with E-state index in [-0.39, 0.29) is 4.90 Å². The molecule has 0 aliphatic carbocycles. The van der Waals surface area contributed by atoms with Gasteiger partial charge in [0.25, 0.3) is 0 Å². The summed E-state index contributed by atoms with van der Waals surface area (Å²) in [5.74, 6) is 0.345. The maximum atomic E-state index is 12.3. The molecular formula is C14H19N3O2S. The minimum atomic E-state index is -3.50. The van der Waals surface area contributed by atoms with Crippen molar-refractivity contribution in [3.8, 4) is 6.07 Å². The summed E-state index contributed by atoms with van der Waals surface area (Å²) in [6.45, 7) is 4.03. The molecule has 1 aliphatic rings. The first-order valence-corrected chi connectivity index (χ1v) is 8.22. The number of nitrogens with zero attached hydrogens (tertiary/aromatic N) is 1. The van der Waals surface area contributed by atoms with Gasteiger partial charge in [0.2, 0.25) is 10.0 Å². The first kappa shape index (κ1) is 15.0. The topological polar surface area (TPSA) is 82.0 Å². The lowest BCUT2D eigenvalue weighted by Crippen LogP contribution is -2.38. The van der Waals surface area contributed by atoms with Gasteiger partial charge >= 0.3 is 0 Å². The summed E-state index contributed by atoms with van der Waals surface area (Å²) in [5.41, 5.74) is 1.07. The van der Waals surface area contributed by atoms with Gasteiger partial charge in [0.05, 0.1) is 16.5 Å². The fraction of sp³-hybridized carbons (Fsp3) is 0.500. The average Bonchev–Trinajstić information content (AvgIpc) is 2.46. The minimum Gasteiger partial charge on any atom is -0.316 e. The van der Waals surface area contributed by atoms with Gasteiger partial charge < -0.3 is 5.32 Å². The lowest BCUT2D eigenvalue weighted by molar-refractivity contribution is 0.376. The second-order valence-corrected chi connectivity index (χ2v) is 6.89. The van der Waals surface area contributed by atoms with Gasteiger partial charge in [-0.3, -0.25) is 0 Å². The average molecular weight is 293 g/mol. The highest BCUT2D eigenvalue weighted by Gasteiger charge is 2.20. The van der Waals surface area contributed by atoms with E-state index in [1.165, 1.54) is 12.1 Å². The summed E-state index contributed by atoms with van der Waals surface area (Å²) in [7, 11) is -3.50. The molecule has 108 valence electrons. The molecule has 0 unspecified atom stereocenters. The van der Waals surface area contributed by atoms with Gasteiger partial charge in [-0.15, -0.1) is 0 Å². The van der Waals surface area contributed by atoms with Crippen molar-refractivity contribution in [1.82, 2.24) is 10.0 Å². The van der Waals surface area contributed by atoms with E-state index in [0.717, 1.165) is 25.9 Å². The number of rotatable bonds is 4. The highest BCUT2D eigenvalue weighted by Crippen LogP contribution is 2.17. The van der Waals surface area contributed by atoms with E-state index in [2.05, 4.69) is 10.0 Å². The van der Waals surface area contributed by atoms with E-state index in [1.807, 2.05) is 6.07 Å². The third kappa shape index (κ3) is 3.57. The summed E-state index contributed by atoms with van der Waals surface area (Å²) < 4.78 is 27.2. The van der Waals surface area contributed by atoms with E-state index in [4.69, 9.17) is 5.26 Å². The van der Waals surface area contributed by atoms with E-state index in [9.17, 15) is 8.42 Å². The van der Waals surface area contributed by atoms with Gasteiger partial charge in [-0.2, -0.15) is 5.26 Å². The molecule has 1 fully saturated rings. The summed E-state index contributed by atoms with van der Waals surface area (Å²) in [5, 5.41) is 12.1. The zero-order chi connectivity index (χ0) is 14.6. The zero-order valence-corrected chi connectivity index (χ0v) is 12.3. The van der Waals surface area contributed by atoms with Crippen molar-refractivity contribution in [2.24, 2.45) is 5.92 Å². The SMILES string of the molecule is Cc1cc(C#N)ccc1S(=O)(=O)NC[C@@H]1CCCNC1. The smallest absolute Gasteiger partial charge is 0.240 e. The van der Waals surface area contributed by atoms with Crippen LogP contribution in [0.2, 0.25) is 0 Å². The van der Waals surface area contributed by atoms with Crippen molar-refractivity contribution >= 4 is 10.0 Å². The molecule has 0 radical (unpaired) electrons. The molecule has 2 rings (SSSR count). The van der Waals surface area contributed by atoms with Crippen molar-refractivity contribution in [1.29, 1.82) is 5.26 Å². The van der Waals surface area contributed by atoms with E-state index in [0.29, 0.717) is 23.6 Å². The molecule has 1 atom stereocenters. The Hall–Kier alpha value is -1.42. The highest BCUT2D eigenvalue weighted by atomic mass is 32.2. The van der Waals surface area contributed by atoms with Crippen LogP contribution in [0.3, 0.4) is 0 Å². The first-order chi connectivity index (χ1) is 9.53. The molecular weight excluding hydrogens is 274 g/mol.